The van der Waals surface area contributed by atoms with E-state index in [4.69, 9.17) is 15.2 Å². The third-order valence-electron chi connectivity index (χ3n) is 3.45. The van der Waals surface area contributed by atoms with E-state index in [0.29, 0.717) is 17.8 Å². The maximum Gasteiger partial charge on any atom is 0.251 e. The summed E-state index contributed by atoms with van der Waals surface area (Å²) in [6, 6.07) is 12.6. The number of ether oxygens (including phenoxy) is 2. The smallest absolute Gasteiger partial charge is 0.251 e. The first kappa shape index (κ1) is 16.7. The molecule has 0 aliphatic heterocycles. The molecule has 1 unspecified atom stereocenters. The highest BCUT2D eigenvalue weighted by atomic mass is 16.5. The normalized spacial score (nSPS) is 11.6. The van der Waals surface area contributed by atoms with E-state index in [0.717, 1.165) is 17.1 Å². The minimum atomic E-state index is -0.159. The molecule has 0 heterocycles. The molecule has 23 heavy (non-hydrogen) atoms. The molecule has 0 aliphatic carbocycles. The molecule has 0 saturated carbocycles. The number of anilines is 1. The van der Waals surface area contributed by atoms with Crippen molar-refractivity contribution in [2.24, 2.45) is 0 Å². The number of nitrogen functional groups attached to an aromatic ring is 1. The molecule has 2 aromatic rings. The third kappa shape index (κ3) is 4.64. The summed E-state index contributed by atoms with van der Waals surface area (Å²) in [4.78, 5) is 12.2. The first-order valence-corrected chi connectivity index (χ1v) is 7.44. The standard InChI is InChI=1S/C18H22N2O3/c1-12-4-5-14(19)10-17(12)18(21)20-11-13(2)23-16-8-6-15(22-3)7-9-16/h4-10,13H,11,19H2,1-3H3,(H,20,21). The van der Waals surface area contributed by atoms with Gasteiger partial charge in [-0.1, -0.05) is 6.07 Å². The van der Waals surface area contributed by atoms with Crippen molar-refractivity contribution in [3.63, 3.8) is 0 Å². The van der Waals surface area contributed by atoms with Crippen LogP contribution in [0.1, 0.15) is 22.8 Å². The molecule has 5 nitrogen and oxygen atoms in total. The van der Waals surface area contributed by atoms with Gasteiger partial charge in [-0.2, -0.15) is 0 Å². The van der Waals surface area contributed by atoms with Gasteiger partial charge in [0.2, 0.25) is 0 Å². The lowest BCUT2D eigenvalue weighted by Gasteiger charge is -2.16. The van der Waals surface area contributed by atoms with Crippen LogP contribution in [0.2, 0.25) is 0 Å². The Morgan fingerprint density at radius 3 is 2.48 bits per heavy atom. The van der Waals surface area contributed by atoms with Crippen molar-refractivity contribution in [3.05, 3.63) is 53.6 Å². The SMILES string of the molecule is COc1ccc(OC(C)CNC(=O)c2cc(N)ccc2C)cc1. The van der Waals surface area contributed by atoms with E-state index in [1.54, 1.807) is 19.2 Å². The molecule has 0 aliphatic rings. The summed E-state index contributed by atoms with van der Waals surface area (Å²) in [5, 5.41) is 2.87. The van der Waals surface area contributed by atoms with Crippen molar-refractivity contribution < 1.29 is 14.3 Å². The Morgan fingerprint density at radius 2 is 1.83 bits per heavy atom. The molecule has 0 aromatic heterocycles. The number of amides is 1. The number of rotatable bonds is 6. The average molecular weight is 314 g/mol. The molecule has 1 atom stereocenters. The van der Waals surface area contributed by atoms with E-state index in [2.05, 4.69) is 5.32 Å². The summed E-state index contributed by atoms with van der Waals surface area (Å²) in [6.45, 7) is 4.18. The van der Waals surface area contributed by atoms with Gasteiger partial charge < -0.3 is 20.5 Å². The van der Waals surface area contributed by atoms with Crippen LogP contribution in [0.25, 0.3) is 0 Å². The van der Waals surface area contributed by atoms with Crippen molar-refractivity contribution in [1.29, 1.82) is 0 Å². The highest BCUT2D eigenvalue weighted by Crippen LogP contribution is 2.18. The van der Waals surface area contributed by atoms with Crippen molar-refractivity contribution >= 4 is 11.6 Å². The molecule has 0 fully saturated rings. The average Bonchev–Trinajstić information content (AvgIpc) is 2.55. The second-order valence-electron chi connectivity index (χ2n) is 5.39. The summed E-state index contributed by atoms with van der Waals surface area (Å²) in [5.74, 6) is 1.35. The summed E-state index contributed by atoms with van der Waals surface area (Å²) < 4.78 is 10.9. The van der Waals surface area contributed by atoms with Crippen LogP contribution in [-0.2, 0) is 0 Å². The van der Waals surface area contributed by atoms with Gasteiger partial charge in [0.1, 0.15) is 17.6 Å². The number of benzene rings is 2. The van der Waals surface area contributed by atoms with Crippen LogP contribution in [-0.4, -0.2) is 25.7 Å². The number of methoxy groups -OCH3 is 1. The zero-order valence-corrected chi connectivity index (χ0v) is 13.6. The van der Waals surface area contributed by atoms with Crippen molar-refractivity contribution in [2.75, 3.05) is 19.4 Å². The fourth-order valence-corrected chi connectivity index (χ4v) is 2.14. The molecule has 5 heteroatoms. The minimum absolute atomic E-state index is 0.153. The molecule has 2 aromatic carbocycles. The lowest BCUT2D eigenvalue weighted by Crippen LogP contribution is -2.33. The van der Waals surface area contributed by atoms with Crippen LogP contribution in [0.3, 0.4) is 0 Å². The fourth-order valence-electron chi connectivity index (χ4n) is 2.14. The first-order chi connectivity index (χ1) is 11.0. The van der Waals surface area contributed by atoms with Crippen LogP contribution in [0.4, 0.5) is 5.69 Å². The Bertz CT molecular complexity index is 668. The van der Waals surface area contributed by atoms with Gasteiger partial charge in [-0.15, -0.1) is 0 Å². The van der Waals surface area contributed by atoms with Gasteiger partial charge in [-0.3, -0.25) is 4.79 Å². The van der Waals surface area contributed by atoms with E-state index in [9.17, 15) is 4.79 Å². The van der Waals surface area contributed by atoms with Gasteiger partial charge in [-0.25, -0.2) is 0 Å². The van der Waals surface area contributed by atoms with Crippen LogP contribution in [0.15, 0.2) is 42.5 Å². The van der Waals surface area contributed by atoms with Crippen LogP contribution >= 0.6 is 0 Å². The maximum absolute atomic E-state index is 12.2. The molecule has 0 saturated heterocycles. The van der Waals surface area contributed by atoms with Gasteiger partial charge in [0, 0.05) is 11.3 Å². The first-order valence-electron chi connectivity index (χ1n) is 7.44. The van der Waals surface area contributed by atoms with Crippen LogP contribution in [0, 0.1) is 6.92 Å². The Labute approximate surface area is 136 Å². The Hall–Kier alpha value is -2.69. The lowest BCUT2D eigenvalue weighted by atomic mass is 10.1. The number of nitrogens with two attached hydrogens (primary N) is 1. The molecule has 1 amide bonds. The Balaban J connectivity index is 1.89. The van der Waals surface area contributed by atoms with E-state index in [1.165, 1.54) is 0 Å². The highest BCUT2D eigenvalue weighted by molar-refractivity contribution is 5.96. The van der Waals surface area contributed by atoms with Crippen molar-refractivity contribution in [2.45, 2.75) is 20.0 Å². The Morgan fingerprint density at radius 1 is 1.17 bits per heavy atom. The number of aryl methyl sites for hydroxylation is 1. The number of nitrogens with one attached hydrogen (secondary N) is 1. The van der Waals surface area contributed by atoms with E-state index >= 15 is 0 Å². The number of carbonyl (C=O) groups is 1. The highest BCUT2D eigenvalue weighted by Gasteiger charge is 2.11. The van der Waals surface area contributed by atoms with Crippen molar-refractivity contribution in [1.82, 2.24) is 5.32 Å². The summed E-state index contributed by atoms with van der Waals surface area (Å²) in [7, 11) is 1.62. The monoisotopic (exact) mass is 314 g/mol. The number of hydrogen-bond donors (Lipinski definition) is 2. The Kier molecular flexibility index (Phi) is 5.46. The van der Waals surface area contributed by atoms with Crippen molar-refractivity contribution in [3.8, 4) is 11.5 Å². The fraction of sp³-hybridized carbons (Fsp3) is 0.278. The zero-order valence-electron chi connectivity index (χ0n) is 13.6. The maximum atomic E-state index is 12.2. The third-order valence-corrected chi connectivity index (χ3v) is 3.45. The topological polar surface area (TPSA) is 73.6 Å². The van der Waals surface area contributed by atoms with E-state index in [-0.39, 0.29) is 12.0 Å². The molecule has 0 spiro atoms. The summed E-state index contributed by atoms with van der Waals surface area (Å²) in [6.07, 6.45) is -0.159. The van der Waals surface area contributed by atoms with Gasteiger partial charge in [0.25, 0.3) is 5.91 Å². The molecular weight excluding hydrogens is 292 g/mol. The zero-order chi connectivity index (χ0) is 16.8. The van der Waals surface area contributed by atoms with Gasteiger partial charge in [-0.05, 0) is 55.8 Å². The molecule has 3 N–H and O–H groups in total. The molecule has 2 rings (SSSR count). The van der Waals surface area contributed by atoms with Crippen LogP contribution in [0.5, 0.6) is 11.5 Å². The van der Waals surface area contributed by atoms with Gasteiger partial charge in [0.05, 0.1) is 13.7 Å². The van der Waals surface area contributed by atoms with Gasteiger partial charge in [0.15, 0.2) is 0 Å². The number of hydrogen-bond acceptors (Lipinski definition) is 4. The molecular formula is C18H22N2O3. The molecule has 0 radical (unpaired) electrons. The minimum Gasteiger partial charge on any atom is -0.497 e. The van der Waals surface area contributed by atoms with E-state index in [1.807, 2.05) is 44.2 Å². The largest absolute Gasteiger partial charge is 0.497 e. The van der Waals surface area contributed by atoms with E-state index < -0.39 is 0 Å². The van der Waals surface area contributed by atoms with Crippen LogP contribution < -0.4 is 20.5 Å². The number of carbonyl (C=O) groups excluding carboxylic acids is 1. The van der Waals surface area contributed by atoms with Gasteiger partial charge >= 0.3 is 0 Å². The quantitative estimate of drug-likeness (QED) is 0.804. The predicted octanol–water partition coefficient (Wildman–Crippen LogP) is 2.78. The molecule has 122 valence electrons. The second-order valence-corrected chi connectivity index (χ2v) is 5.39. The summed E-state index contributed by atoms with van der Waals surface area (Å²) >= 11 is 0. The predicted molar refractivity (Wildman–Crippen MR) is 91.0 cm³/mol. The summed E-state index contributed by atoms with van der Waals surface area (Å²) in [5.41, 5.74) is 7.78. The lowest BCUT2D eigenvalue weighted by molar-refractivity contribution is 0.0931. The second kappa shape index (κ2) is 7.54. The molecule has 0 bridgehead atoms.